The van der Waals surface area contributed by atoms with Crippen molar-refractivity contribution in [2.45, 2.75) is 37.7 Å². The number of carbonyl (C=O) groups is 1. The van der Waals surface area contributed by atoms with Crippen LogP contribution in [-0.2, 0) is 21.1 Å². The Balaban J connectivity index is 1.58. The van der Waals surface area contributed by atoms with Gasteiger partial charge in [-0.3, -0.25) is 4.79 Å². The van der Waals surface area contributed by atoms with Gasteiger partial charge in [0.1, 0.15) is 11.6 Å². The first-order valence-electron chi connectivity index (χ1n) is 10.9. The first-order valence-corrected chi connectivity index (χ1v) is 12.9. The highest BCUT2D eigenvalue weighted by molar-refractivity contribution is 7.91. The van der Waals surface area contributed by atoms with Crippen LogP contribution < -0.4 is 10.1 Å². The molecule has 35 heavy (non-hydrogen) atoms. The van der Waals surface area contributed by atoms with Crippen LogP contribution in [0.5, 0.6) is 5.75 Å². The van der Waals surface area contributed by atoms with E-state index in [0.29, 0.717) is 17.0 Å². The smallest absolute Gasteiger partial charge is 0.228 e. The molecule has 0 heterocycles. The van der Waals surface area contributed by atoms with Gasteiger partial charge in [-0.05, 0) is 67.9 Å². The Labute approximate surface area is 210 Å². The van der Waals surface area contributed by atoms with Gasteiger partial charge in [-0.1, -0.05) is 42.5 Å². The van der Waals surface area contributed by atoms with E-state index >= 15 is 0 Å². The highest BCUT2D eigenvalue weighted by Gasteiger charge is 2.17. The quantitative estimate of drug-likeness (QED) is 0.413. The molecule has 1 amide bonds. The number of benzene rings is 3. The van der Waals surface area contributed by atoms with E-state index in [1.807, 2.05) is 0 Å². The molecule has 182 valence electrons. The molecular weight excluding hydrogens is 489 g/mol. The number of hydrogen-bond acceptors (Lipinski definition) is 4. The minimum Gasteiger partial charge on any atom is -0.475 e. The molecule has 3 rings (SSSR count). The molecule has 0 saturated carbocycles. The highest BCUT2D eigenvalue weighted by atomic mass is 35.5. The van der Waals surface area contributed by atoms with Crippen molar-refractivity contribution in [1.82, 2.24) is 0 Å². The summed E-state index contributed by atoms with van der Waals surface area (Å²) in [5.41, 5.74) is 1.21. The Morgan fingerprint density at radius 3 is 2.31 bits per heavy atom. The summed E-state index contributed by atoms with van der Waals surface area (Å²) in [7, 11) is -3.27. The van der Waals surface area contributed by atoms with E-state index in [9.17, 15) is 17.6 Å². The zero-order chi connectivity index (χ0) is 25.6. The maximum Gasteiger partial charge on any atom is 0.228 e. The van der Waals surface area contributed by atoms with Crippen LogP contribution in [-0.4, -0.2) is 25.7 Å². The lowest BCUT2D eigenvalue weighted by Gasteiger charge is -2.20. The predicted octanol–water partition coefficient (Wildman–Crippen LogP) is 5.66. The van der Waals surface area contributed by atoms with Crippen molar-refractivity contribution in [3.63, 3.8) is 0 Å². The van der Waals surface area contributed by atoms with Crippen LogP contribution in [0.3, 0.4) is 0 Å². The van der Waals surface area contributed by atoms with Crippen molar-refractivity contribution in [3.8, 4) is 17.6 Å². The lowest BCUT2D eigenvalue weighted by molar-refractivity contribution is -0.115. The van der Waals surface area contributed by atoms with Crippen molar-refractivity contribution in [1.29, 1.82) is 0 Å². The van der Waals surface area contributed by atoms with Gasteiger partial charge < -0.3 is 10.1 Å². The molecule has 0 aliphatic heterocycles. The third kappa shape index (κ3) is 7.57. The SMILES string of the molecule is CCS(=O)(=O)c1ccc(CC(=O)Nc2ccc(C#CC(C)(C)Oc3ccc(F)c(Cl)c3)cc2)cc1. The number of carbonyl (C=O) groups excluding carboxylic acids is 1. The Hall–Kier alpha value is -3.34. The van der Waals surface area contributed by atoms with E-state index in [0.717, 1.165) is 5.56 Å². The fourth-order valence-corrected chi connectivity index (χ4v) is 4.15. The van der Waals surface area contributed by atoms with Gasteiger partial charge in [-0.25, -0.2) is 12.8 Å². The molecule has 0 fully saturated rings. The molecule has 0 saturated heterocycles. The second kappa shape index (κ2) is 10.9. The van der Waals surface area contributed by atoms with Gasteiger partial charge in [0, 0.05) is 17.3 Å². The summed E-state index contributed by atoms with van der Waals surface area (Å²) in [6.07, 6.45) is 0.118. The number of sulfone groups is 1. The molecule has 1 N–H and O–H groups in total. The fourth-order valence-electron chi connectivity index (χ4n) is 3.09. The van der Waals surface area contributed by atoms with Gasteiger partial charge >= 0.3 is 0 Å². The number of anilines is 1. The molecule has 8 heteroatoms. The zero-order valence-electron chi connectivity index (χ0n) is 19.6. The highest BCUT2D eigenvalue weighted by Crippen LogP contribution is 2.24. The molecule has 0 aromatic heterocycles. The third-order valence-corrected chi connectivity index (χ3v) is 7.01. The predicted molar refractivity (Wildman–Crippen MR) is 136 cm³/mol. The van der Waals surface area contributed by atoms with E-state index < -0.39 is 21.3 Å². The second-order valence-corrected chi connectivity index (χ2v) is 11.0. The molecule has 3 aromatic carbocycles. The maximum absolute atomic E-state index is 13.3. The summed E-state index contributed by atoms with van der Waals surface area (Å²) in [6, 6.07) is 17.5. The molecule has 0 aliphatic carbocycles. The van der Waals surface area contributed by atoms with Gasteiger partial charge in [0.15, 0.2) is 15.4 Å². The topological polar surface area (TPSA) is 72.5 Å². The minimum absolute atomic E-state index is 0.0228. The van der Waals surface area contributed by atoms with E-state index in [-0.39, 0.29) is 28.0 Å². The van der Waals surface area contributed by atoms with Crippen molar-refractivity contribution < 1.29 is 22.3 Å². The van der Waals surface area contributed by atoms with Crippen molar-refractivity contribution in [3.05, 3.63) is 88.7 Å². The summed E-state index contributed by atoms with van der Waals surface area (Å²) < 4.78 is 42.9. The molecule has 0 atom stereocenters. The van der Waals surface area contributed by atoms with E-state index in [2.05, 4.69) is 17.2 Å². The van der Waals surface area contributed by atoms with Crippen LogP contribution in [0.15, 0.2) is 71.6 Å². The van der Waals surface area contributed by atoms with Gasteiger partial charge in [0.2, 0.25) is 5.91 Å². The van der Waals surface area contributed by atoms with Crippen LogP contribution in [0.1, 0.15) is 31.9 Å². The number of nitrogens with one attached hydrogen (secondary N) is 1. The average molecular weight is 514 g/mol. The monoisotopic (exact) mass is 513 g/mol. The summed E-state index contributed by atoms with van der Waals surface area (Å²) in [4.78, 5) is 12.6. The molecule has 0 spiro atoms. The number of amides is 1. The molecule has 0 bridgehead atoms. The molecule has 0 aliphatic rings. The molecule has 0 unspecified atom stereocenters. The van der Waals surface area contributed by atoms with Gasteiger partial charge in [-0.15, -0.1) is 0 Å². The van der Waals surface area contributed by atoms with Crippen LogP contribution in [0, 0.1) is 17.7 Å². The summed E-state index contributed by atoms with van der Waals surface area (Å²) >= 11 is 5.80. The van der Waals surface area contributed by atoms with Gasteiger partial charge in [0.25, 0.3) is 0 Å². The van der Waals surface area contributed by atoms with E-state index in [4.69, 9.17) is 16.3 Å². The summed E-state index contributed by atoms with van der Waals surface area (Å²) in [5.74, 6) is 5.76. The van der Waals surface area contributed by atoms with Crippen LogP contribution in [0.25, 0.3) is 0 Å². The molecule has 0 radical (unpaired) electrons. The average Bonchev–Trinajstić information content (AvgIpc) is 2.81. The Morgan fingerprint density at radius 2 is 1.71 bits per heavy atom. The van der Waals surface area contributed by atoms with Crippen LogP contribution in [0.4, 0.5) is 10.1 Å². The minimum atomic E-state index is -3.27. The van der Waals surface area contributed by atoms with E-state index in [1.165, 1.54) is 30.3 Å². The second-order valence-electron chi connectivity index (χ2n) is 8.29. The lowest BCUT2D eigenvalue weighted by atomic mass is 10.1. The Kier molecular flexibility index (Phi) is 8.21. The number of ether oxygens (including phenoxy) is 1. The largest absolute Gasteiger partial charge is 0.475 e. The first-order chi connectivity index (χ1) is 16.5. The van der Waals surface area contributed by atoms with E-state index in [1.54, 1.807) is 57.2 Å². The summed E-state index contributed by atoms with van der Waals surface area (Å²) in [6.45, 7) is 5.17. The third-order valence-electron chi connectivity index (χ3n) is 4.97. The Bertz CT molecular complexity index is 1370. The van der Waals surface area contributed by atoms with Gasteiger partial charge in [-0.2, -0.15) is 0 Å². The first kappa shape index (κ1) is 26.3. The van der Waals surface area contributed by atoms with Crippen LogP contribution in [0.2, 0.25) is 5.02 Å². The Morgan fingerprint density at radius 1 is 1.06 bits per heavy atom. The van der Waals surface area contributed by atoms with Crippen molar-refractivity contribution in [2.24, 2.45) is 0 Å². The number of halogens is 2. The maximum atomic E-state index is 13.3. The molecular formula is C27H25ClFNO4S. The lowest BCUT2D eigenvalue weighted by Crippen LogP contribution is -2.25. The number of hydrogen-bond donors (Lipinski definition) is 1. The van der Waals surface area contributed by atoms with Crippen molar-refractivity contribution >= 4 is 33.0 Å². The standard InChI is InChI=1S/C27H25ClFNO4S/c1-4-35(32,33)23-12-7-20(8-13-23)17-26(31)30-21-9-5-19(6-10-21)15-16-27(2,3)34-22-11-14-25(29)24(28)18-22/h5-14,18H,4,17H2,1-3H3,(H,30,31). The van der Waals surface area contributed by atoms with Gasteiger partial charge in [0.05, 0.1) is 22.1 Å². The summed E-state index contributed by atoms with van der Waals surface area (Å²) in [5, 5.41) is 2.79. The molecule has 3 aromatic rings. The zero-order valence-corrected chi connectivity index (χ0v) is 21.1. The normalized spacial score (nSPS) is 11.3. The van der Waals surface area contributed by atoms with Crippen LogP contribution >= 0.6 is 11.6 Å². The fraction of sp³-hybridized carbons (Fsp3) is 0.222. The number of rotatable bonds is 7. The molecule has 5 nitrogen and oxygen atoms in total. The van der Waals surface area contributed by atoms with Crippen molar-refractivity contribution in [2.75, 3.05) is 11.1 Å².